The van der Waals surface area contributed by atoms with Gasteiger partial charge in [-0.25, -0.2) is 0 Å². The van der Waals surface area contributed by atoms with E-state index in [-0.39, 0.29) is 11.3 Å². The highest BCUT2D eigenvalue weighted by Gasteiger charge is 2.50. The molecule has 26 heavy (non-hydrogen) atoms. The van der Waals surface area contributed by atoms with E-state index in [4.69, 9.17) is 14.2 Å². The van der Waals surface area contributed by atoms with E-state index < -0.39 is 5.79 Å². The number of likely N-dealkylation sites (tertiary alicyclic amines) is 1. The number of carbonyl (C=O) groups is 1. The van der Waals surface area contributed by atoms with Crippen molar-refractivity contribution in [2.75, 3.05) is 33.4 Å². The lowest BCUT2D eigenvalue weighted by atomic mass is 9.80. The van der Waals surface area contributed by atoms with Crippen LogP contribution in [0.1, 0.15) is 24.3 Å². The Morgan fingerprint density at radius 2 is 1.96 bits per heavy atom. The summed E-state index contributed by atoms with van der Waals surface area (Å²) in [5, 5.41) is 7.12. The van der Waals surface area contributed by atoms with Crippen LogP contribution < -0.4 is 4.74 Å². The van der Waals surface area contributed by atoms with Crippen LogP contribution in [0.5, 0.6) is 5.75 Å². The maximum atomic E-state index is 12.7. The highest BCUT2D eigenvalue weighted by molar-refractivity contribution is 5.94. The SMILES string of the molecule is COc1cccc(-c2cc(C(=O)N3CC4(COC(C)(C)OC4)C3)[nH]n2)c1. The minimum absolute atomic E-state index is 0.0536. The molecule has 2 aliphatic rings. The van der Waals surface area contributed by atoms with Gasteiger partial charge < -0.3 is 19.1 Å². The number of aromatic amines is 1. The zero-order chi connectivity index (χ0) is 18.4. The van der Waals surface area contributed by atoms with Crippen LogP contribution in [0.4, 0.5) is 0 Å². The lowest BCUT2D eigenvalue weighted by Crippen LogP contribution is -2.65. The summed E-state index contributed by atoms with van der Waals surface area (Å²) in [6.45, 7) is 6.31. The van der Waals surface area contributed by atoms with Crippen molar-refractivity contribution in [2.45, 2.75) is 19.6 Å². The molecule has 138 valence electrons. The predicted octanol–water partition coefficient (Wildman–Crippen LogP) is 2.31. The second kappa shape index (κ2) is 6.10. The molecule has 0 bridgehead atoms. The Morgan fingerprint density at radius 3 is 2.65 bits per heavy atom. The molecule has 7 heteroatoms. The van der Waals surface area contributed by atoms with Crippen LogP contribution in [-0.4, -0.2) is 60.2 Å². The zero-order valence-electron chi connectivity index (χ0n) is 15.2. The summed E-state index contributed by atoms with van der Waals surface area (Å²) in [4.78, 5) is 14.5. The van der Waals surface area contributed by atoms with E-state index >= 15 is 0 Å². The van der Waals surface area contributed by atoms with Gasteiger partial charge in [0, 0.05) is 18.7 Å². The average Bonchev–Trinajstić information content (AvgIpc) is 3.10. The minimum atomic E-state index is -0.537. The third-order valence-corrected chi connectivity index (χ3v) is 4.97. The van der Waals surface area contributed by atoms with Gasteiger partial charge in [-0.15, -0.1) is 0 Å². The fraction of sp³-hybridized carbons (Fsp3) is 0.474. The predicted molar refractivity (Wildman–Crippen MR) is 94.9 cm³/mol. The summed E-state index contributed by atoms with van der Waals surface area (Å²) in [5.74, 6) is 0.162. The van der Waals surface area contributed by atoms with E-state index in [9.17, 15) is 4.79 Å². The lowest BCUT2D eigenvalue weighted by Gasteiger charge is -2.53. The molecule has 2 saturated heterocycles. The van der Waals surface area contributed by atoms with Crippen molar-refractivity contribution in [3.63, 3.8) is 0 Å². The van der Waals surface area contributed by atoms with Gasteiger partial charge in [0.15, 0.2) is 5.79 Å². The van der Waals surface area contributed by atoms with E-state index in [2.05, 4.69) is 10.2 Å². The second-order valence-corrected chi connectivity index (χ2v) is 7.54. The Kier molecular flexibility index (Phi) is 4.00. The van der Waals surface area contributed by atoms with E-state index in [1.807, 2.05) is 38.1 Å². The van der Waals surface area contributed by atoms with Crippen LogP contribution >= 0.6 is 0 Å². The third-order valence-electron chi connectivity index (χ3n) is 4.97. The molecule has 2 aliphatic heterocycles. The van der Waals surface area contributed by atoms with E-state index in [0.717, 1.165) is 11.3 Å². The molecular formula is C19H23N3O4. The highest BCUT2D eigenvalue weighted by Crippen LogP contribution is 2.38. The first-order valence-corrected chi connectivity index (χ1v) is 8.67. The Bertz CT molecular complexity index is 812. The molecule has 1 amide bonds. The van der Waals surface area contributed by atoms with Crippen molar-refractivity contribution < 1.29 is 19.0 Å². The monoisotopic (exact) mass is 357 g/mol. The molecule has 2 aromatic rings. The number of H-pyrrole nitrogens is 1. The van der Waals surface area contributed by atoms with Crippen LogP contribution in [0.2, 0.25) is 0 Å². The second-order valence-electron chi connectivity index (χ2n) is 7.54. The quantitative estimate of drug-likeness (QED) is 0.912. The van der Waals surface area contributed by atoms with Gasteiger partial charge >= 0.3 is 0 Å². The molecule has 7 nitrogen and oxygen atoms in total. The smallest absolute Gasteiger partial charge is 0.271 e. The van der Waals surface area contributed by atoms with Gasteiger partial charge in [-0.2, -0.15) is 5.10 Å². The molecule has 1 N–H and O–H groups in total. The Morgan fingerprint density at radius 1 is 1.23 bits per heavy atom. The minimum Gasteiger partial charge on any atom is -0.497 e. The maximum Gasteiger partial charge on any atom is 0.271 e. The highest BCUT2D eigenvalue weighted by atomic mass is 16.7. The fourth-order valence-corrected chi connectivity index (χ4v) is 3.36. The maximum absolute atomic E-state index is 12.7. The van der Waals surface area contributed by atoms with Crippen LogP contribution in [-0.2, 0) is 9.47 Å². The lowest BCUT2D eigenvalue weighted by molar-refractivity contribution is -0.301. The van der Waals surface area contributed by atoms with E-state index in [1.54, 1.807) is 18.1 Å². The Hall–Kier alpha value is -2.38. The topological polar surface area (TPSA) is 76.7 Å². The molecule has 1 spiro atoms. The van der Waals surface area contributed by atoms with Gasteiger partial charge in [-0.3, -0.25) is 9.89 Å². The molecular weight excluding hydrogens is 334 g/mol. The van der Waals surface area contributed by atoms with Crippen molar-refractivity contribution >= 4 is 5.91 Å². The van der Waals surface area contributed by atoms with Gasteiger partial charge in [-0.1, -0.05) is 12.1 Å². The Balaban J connectivity index is 1.42. The number of nitrogens with zero attached hydrogens (tertiary/aromatic N) is 2. The van der Waals surface area contributed by atoms with Gasteiger partial charge in [0.05, 0.1) is 31.4 Å². The number of rotatable bonds is 3. The van der Waals surface area contributed by atoms with Crippen LogP contribution in [0, 0.1) is 5.41 Å². The van der Waals surface area contributed by atoms with Crippen molar-refractivity contribution in [2.24, 2.45) is 5.41 Å². The van der Waals surface area contributed by atoms with Gasteiger partial charge in [0.25, 0.3) is 5.91 Å². The summed E-state index contributed by atoms with van der Waals surface area (Å²) in [6, 6.07) is 9.37. The van der Waals surface area contributed by atoms with Crippen molar-refractivity contribution in [3.05, 3.63) is 36.0 Å². The number of benzene rings is 1. The first-order chi connectivity index (χ1) is 12.4. The molecule has 0 unspecified atom stereocenters. The van der Waals surface area contributed by atoms with Gasteiger partial charge in [-0.05, 0) is 32.0 Å². The molecule has 3 heterocycles. The molecule has 0 atom stereocenters. The van der Waals surface area contributed by atoms with Crippen molar-refractivity contribution in [3.8, 4) is 17.0 Å². The van der Waals surface area contributed by atoms with Crippen molar-refractivity contribution in [1.82, 2.24) is 15.1 Å². The summed E-state index contributed by atoms with van der Waals surface area (Å²) in [6.07, 6.45) is 0. The van der Waals surface area contributed by atoms with Gasteiger partial charge in [0.2, 0.25) is 0 Å². The average molecular weight is 357 g/mol. The molecule has 1 aromatic carbocycles. The number of carbonyl (C=O) groups excluding carboxylic acids is 1. The number of aromatic nitrogens is 2. The standard InChI is InChI=1S/C19H23N3O4/c1-18(2)25-11-19(12-26-18)9-22(10-19)17(23)16-8-15(20-21-16)13-5-4-6-14(7-13)24-3/h4-8H,9-12H2,1-3H3,(H,20,21). The fourth-order valence-electron chi connectivity index (χ4n) is 3.36. The number of ether oxygens (including phenoxy) is 3. The molecule has 4 rings (SSSR count). The van der Waals surface area contributed by atoms with Gasteiger partial charge in [0.1, 0.15) is 11.4 Å². The number of methoxy groups -OCH3 is 1. The molecule has 0 radical (unpaired) electrons. The molecule has 0 aliphatic carbocycles. The molecule has 0 saturated carbocycles. The Labute approximate surface area is 152 Å². The summed E-state index contributed by atoms with van der Waals surface area (Å²) >= 11 is 0. The van der Waals surface area contributed by atoms with Crippen LogP contribution in [0.3, 0.4) is 0 Å². The molecule has 2 fully saturated rings. The molecule has 1 aromatic heterocycles. The number of hydrogen-bond donors (Lipinski definition) is 1. The summed E-state index contributed by atoms with van der Waals surface area (Å²) < 4.78 is 16.7. The third kappa shape index (κ3) is 3.08. The number of amides is 1. The summed E-state index contributed by atoms with van der Waals surface area (Å²) in [5.41, 5.74) is 2.01. The zero-order valence-corrected chi connectivity index (χ0v) is 15.2. The first kappa shape index (κ1) is 17.1. The number of nitrogens with one attached hydrogen (secondary N) is 1. The van der Waals surface area contributed by atoms with Crippen LogP contribution in [0.15, 0.2) is 30.3 Å². The largest absolute Gasteiger partial charge is 0.497 e. The first-order valence-electron chi connectivity index (χ1n) is 8.67. The number of hydrogen-bond acceptors (Lipinski definition) is 5. The van der Waals surface area contributed by atoms with Crippen molar-refractivity contribution in [1.29, 1.82) is 0 Å². The van der Waals surface area contributed by atoms with Crippen LogP contribution in [0.25, 0.3) is 11.3 Å². The van der Waals surface area contributed by atoms with E-state index in [1.165, 1.54) is 0 Å². The van der Waals surface area contributed by atoms with E-state index in [0.29, 0.717) is 37.7 Å². The summed E-state index contributed by atoms with van der Waals surface area (Å²) in [7, 11) is 1.62. The normalized spacial score (nSPS) is 20.7.